The summed E-state index contributed by atoms with van der Waals surface area (Å²) < 4.78 is 4.74. The number of methoxy groups -OCH3 is 1. The molecule has 0 aromatic heterocycles. The second-order valence-corrected chi connectivity index (χ2v) is 5.46. The Bertz CT molecular complexity index is 469. The molecule has 1 aromatic rings. The van der Waals surface area contributed by atoms with E-state index in [1.165, 1.54) is 18.9 Å². The SMILES string of the molecule is COCC(NC(=O)CSCc1cccc(Cl)c1)C(=O)O. The van der Waals surface area contributed by atoms with E-state index in [0.717, 1.165) is 5.56 Å². The van der Waals surface area contributed by atoms with E-state index in [1.807, 2.05) is 18.2 Å². The molecule has 2 N–H and O–H groups in total. The summed E-state index contributed by atoms with van der Waals surface area (Å²) in [4.78, 5) is 22.5. The zero-order chi connectivity index (χ0) is 15.0. The Morgan fingerprint density at radius 3 is 2.85 bits per heavy atom. The van der Waals surface area contributed by atoms with Gasteiger partial charge in [0, 0.05) is 17.9 Å². The smallest absolute Gasteiger partial charge is 0.328 e. The van der Waals surface area contributed by atoms with Crippen LogP contribution < -0.4 is 5.32 Å². The monoisotopic (exact) mass is 317 g/mol. The van der Waals surface area contributed by atoms with Crippen molar-refractivity contribution in [3.05, 3.63) is 34.9 Å². The highest BCUT2D eigenvalue weighted by Crippen LogP contribution is 2.16. The lowest BCUT2D eigenvalue weighted by Gasteiger charge is -2.13. The molecule has 0 saturated carbocycles. The van der Waals surface area contributed by atoms with Crippen molar-refractivity contribution in [3.8, 4) is 0 Å². The van der Waals surface area contributed by atoms with Crippen molar-refractivity contribution in [2.75, 3.05) is 19.5 Å². The number of hydrogen-bond donors (Lipinski definition) is 2. The number of hydrogen-bond acceptors (Lipinski definition) is 4. The maximum Gasteiger partial charge on any atom is 0.328 e. The van der Waals surface area contributed by atoms with Gasteiger partial charge in [-0.1, -0.05) is 23.7 Å². The highest BCUT2D eigenvalue weighted by molar-refractivity contribution is 7.99. The van der Waals surface area contributed by atoms with E-state index in [0.29, 0.717) is 10.8 Å². The summed E-state index contributed by atoms with van der Waals surface area (Å²) in [7, 11) is 1.38. The molecule has 0 fully saturated rings. The van der Waals surface area contributed by atoms with E-state index in [2.05, 4.69) is 5.32 Å². The van der Waals surface area contributed by atoms with Crippen molar-refractivity contribution in [3.63, 3.8) is 0 Å². The number of carbonyl (C=O) groups is 2. The largest absolute Gasteiger partial charge is 0.480 e. The first kappa shape index (κ1) is 16.8. The second kappa shape index (κ2) is 8.84. The molecule has 1 atom stereocenters. The second-order valence-electron chi connectivity index (χ2n) is 4.04. The molecule has 0 heterocycles. The number of carboxylic acid groups (broad SMARTS) is 1. The zero-order valence-corrected chi connectivity index (χ0v) is 12.5. The standard InChI is InChI=1S/C13H16ClNO4S/c1-19-6-11(13(17)18)15-12(16)8-20-7-9-3-2-4-10(14)5-9/h2-5,11H,6-8H2,1H3,(H,15,16)(H,17,18). The fraction of sp³-hybridized carbons (Fsp3) is 0.385. The predicted octanol–water partition coefficient (Wildman–Crippen LogP) is 1.79. The molecule has 0 spiro atoms. The van der Waals surface area contributed by atoms with Crippen LogP contribution in [0.2, 0.25) is 5.02 Å². The summed E-state index contributed by atoms with van der Waals surface area (Å²) in [6, 6.07) is 6.36. The predicted molar refractivity (Wildman–Crippen MR) is 79.1 cm³/mol. The number of nitrogens with one attached hydrogen (secondary N) is 1. The van der Waals surface area contributed by atoms with Gasteiger partial charge in [0.25, 0.3) is 0 Å². The third-order valence-corrected chi connectivity index (χ3v) is 3.60. The molecule has 7 heteroatoms. The normalized spacial score (nSPS) is 11.9. The minimum atomic E-state index is -1.11. The van der Waals surface area contributed by atoms with E-state index in [1.54, 1.807) is 6.07 Å². The summed E-state index contributed by atoms with van der Waals surface area (Å²) in [5.74, 6) is -0.628. The van der Waals surface area contributed by atoms with Gasteiger partial charge in [-0.2, -0.15) is 0 Å². The van der Waals surface area contributed by atoms with Crippen LogP contribution in [0.5, 0.6) is 0 Å². The summed E-state index contributed by atoms with van der Waals surface area (Å²) in [5.41, 5.74) is 1.02. The van der Waals surface area contributed by atoms with Crippen molar-refractivity contribution in [1.29, 1.82) is 0 Å². The average molecular weight is 318 g/mol. The number of carbonyl (C=O) groups excluding carboxylic acids is 1. The molecule has 0 aliphatic carbocycles. The van der Waals surface area contributed by atoms with Crippen LogP contribution >= 0.6 is 23.4 Å². The van der Waals surface area contributed by atoms with Gasteiger partial charge < -0.3 is 15.2 Å². The van der Waals surface area contributed by atoms with Crippen molar-refractivity contribution in [2.45, 2.75) is 11.8 Å². The van der Waals surface area contributed by atoms with Gasteiger partial charge in [0.1, 0.15) is 0 Å². The van der Waals surface area contributed by atoms with Crippen LogP contribution in [0.3, 0.4) is 0 Å². The van der Waals surface area contributed by atoms with Crippen LogP contribution in [-0.2, 0) is 20.1 Å². The Labute approximate surface area is 126 Å². The Balaban J connectivity index is 2.34. The molecule has 20 heavy (non-hydrogen) atoms. The van der Waals surface area contributed by atoms with Crippen LogP contribution in [0.15, 0.2) is 24.3 Å². The van der Waals surface area contributed by atoms with Crippen LogP contribution in [0.25, 0.3) is 0 Å². The molecular weight excluding hydrogens is 302 g/mol. The molecule has 0 radical (unpaired) electrons. The summed E-state index contributed by atoms with van der Waals surface area (Å²) in [6.07, 6.45) is 0. The lowest BCUT2D eigenvalue weighted by molar-refractivity contribution is -0.142. The number of ether oxygens (including phenoxy) is 1. The van der Waals surface area contributed by atoms with Gasteiger partial charge in [-0.15, -0.1) is 11.8 Å². The van der Waals surface area contributed by atoms with Gasteiger partial charge in [-0.05, 0) is 17.7 Å². The highest BCUT2D eigenvalue weighted by atomic mass is 35.5. The van der Waals surface area contributed by atoms with Crippen LogP contribution in [0.4, 0.5) is 0 Å². The molecule has 110 valence electrons. The molecule has 0 saturated heterocycles. The van der Waals surface area contributed by atoms with Crippen molar-refractivity contribution in [2.24, 2.45) is 0 Å². The van der Waals surface area contributed by atoms with Crippen molar-refractivity contribution < 1.29 is 19.4 Å². The molecule has 0 bridgehead atoms. The lowest BCUT2D eigenvalue weighted by Crippen LogP contribution is -2.44. The van der Waals surface area contributed by atoms with Crippen molar-refractivity contribution in [1.82, 2.24) is 5.32 Å². The molecular formula is C13H16ClNO4S. The number of carboxylic acids is 1. The first-order valence-electron chi connectivity index (χ1n) is 5.86. The van der Waals surface area contributed by atoms with E-state index >= 15 is 0 Å². The van der Waals surface area contributed by atoms with Crippen LogP contribution in [0.1, 0.15) is 5.56 Å². The molecule has 1 rings (SSSR count). The summed E-state index contributed by atoms with van der Waals surface area (Å²) >= 11 is 7.25. The van der Waals surface area contributed by atoms with Crippen LogP contribution in [0, 0.1) is 0 Å². The summed E-state index contributed by atoms with van der Waals surface area (Å²) in [5, 5.41) is 11.9. The molecule has 5 nitrogen and oxygen atoms in total. The number of amides is 1. The van der Waals surface area contributed by atoms with Gasteiger partial charge in [-0.3, -0.25) is 4.79 Å². The lowest BCUT2D eigenvalue weighted by atomic mass is 10.2. The maximum absolute atomic E-state index is 11.6. The maximum atomic E-state index is 11.6. The molecule has 1 aromatic carbocycles. The number of benzene rings is 1. The Morgan fingerprint density at radius 2 is 2.25 bits per heavy atom. The summed E-state index contributed by atoms with van der Waals surface area (Å²) in [6.45, 7) is -0.0555. The van der Waals surface area contributed by atoms with Gasteiger partial charge in [-0.25, -0.2) is 4.79 Å². The first-order valence-corrected chi connectivity index (χ1v) is 7.39. The first-order chi connectivity index (χ1) is 9.52. The fourth-order valence-corrected chi connectivity index (χ4v) is 2.46. The quantitative estimate of drug-likeness (QED) is 0.764. The number of rotatable bonds is 8. The van der Waals surface area contributed by atoms with Gasteiger partial charge in [0.05, 0.1) is 12.4 Å². The average Bonchev–Trinajstić information content (AvgIpc) is 2.38. The van der Waals surface area contributed by atoms with E-state index in [9.17, 15) is 9.59 Å². The van der Waals surface area contributed by atoms with E-state index < -0.39 is 12.0 Å². The number of aliphatic carboxylic acids is 1. The Hall–Kier alpha value is -1.24. The van der Waals surface area contributed by atoms with E-state index in [4.69, 9.17) is 21.4 Å². The third-order valence-electron chi connectivity index (χ3n) is 2.36. The number of halogens is 1. The minimum Gasteiger partial charge on any atom is -0.480 e. The van der Waals surface area contributed by atoms with Crippen molar-refractivity contribution >= 4 is 35.2 Å². The number of thioether (sulfide) groups is 1. The molecule has 1 amide bonds. The Morgan fingerprint density at radius 1 is 1.50 bits per heavy atom. The molecule has 0 aliphatic heterocycles. The van der Waals surface area contributed by atoms with Gasteiger partial charge in [0.2, 0.25) is 5.91 Å². The molecule has 1 unspecified atom stereocenters. The van der Waals surface area contributed by atoms with E-state index in [-0.39, 0.29) is 18.3 Å². The minimum absolute atomic E-state index is 0.0555. The Kier molecular flexibility index (Phi) is 7.43. The zero-order valence-electron chi connectivity index (χ0n) is 11.0. The van der Waals surface area contributed by atoms with Crippen LogP contribution in [-0.4, -0.2) is 42.5 Å². The highest BCUT2D eigenvalue weighted by Gasteiger charge is 2.19. The topological polar surface area (TPSA) is 75.6 Å². The molecule has 0 aliphatic rings. The fourth-order valence-electron chi connectivity index (χ4n) is 1.47. The van der Waals surface area contributed by atoms with Gasteiger partial charge in [0.15, 0.2) is 6.04 Å². The van der Waals surface area contributed by atoms with Gasteiger partial charge >= 0.3 is 5.97 Å². The third kappa shape index (κ3) is 6.27.